The number of benzene rings is 2. The van der Waals surface area contributed by atoms with Gasteiger partial charge in [-0.05, 0) is 61.7 Å². The summed E-state index contributed by atoms with van der Waals surface area (Å²) >= 11 is 12.2. The summed E-state index contributed by atoms with van der Waals surface area (Å²) in [5, 5.41) is 3.25. The molecule has 30 heavy (non-hydrogen) atoms. The molecule has 0 saturated heterocycles. The average molecular weight is 473 g/mol. The Kier molecular flexibility index (Phi) is 8.41. The van der Waals surface area contributed by atoms with Gasteiger partial charge < -0.3 is 10.1 Å². The molecule has 1 atom stereocenters. The Bertz CT molecular complexity index is 992. The molecule has 2 aromatic carbocycles. The first kappa shape index (κ1) is 24.3. The summed E-state index contributed by atoms with van der Waals surface area (Å²) in [4.78, 5) is 12.8. The predicted molar refractivity (Wildman–Crippen MR) is 122 cm³/mol. The number of hydrogen-bond acceptors (Lipinski definition) is 4. The summed E-state index contributed by atoms with van der Waals surface area (Å²) in [7, 11) is -3.80. The summed E-state index contributed by atoms with van der Waals surface area (Å²) < 4.78 is 31.7. The zero-order valence-electron chi connectivity index (χ0n) is 17.4. The lowest BCUT2D eigenvalue weighted by Crippen LogP contribution is -2.50. The first-order chi connectivity index (χ1) is 14.0. The van der Waals surface area contributed by atoms with Crippen LogP contribution >= 0.6 is 23.2 Å². The summed E-state index contributed by atoms with van der Waals surface area (Å²) in [6.45, 7) is 6.17. The summed E-state index contributed by atoms with van der Waals surface area (Å²) in [5.74, 6) is 0.278. The van der Waals surface area contributed by atoms with E-state index in [4.69, 9.17) is 27.9 Å². The van der Waals surface area contributed by atoms with Crippen molar-refractivity contribution in [2.24, 2.45) is 0 Å². The number of carbonyl (C=O) groups is 1. The van der Waals surface area contributed by atoms with Crippen LogP contribution in [0.15, 0.2) is 36.4 Å². The fraction of sp³-hybridized carbons (Fsp3) is 0.381. The zero-order valence-corrected chi connectivity index (χ0v) is 19.7. The van der Waals surface area contributed by atoms with Crippen LogP contribution in [0.2, 0.25) is 10.0 Å². The Morgan fingerprint density at radius 1 is 1.13 bits per heavy atom. The van der Waals surface area contributed by atoms with E-state index in [9.17, 15) is 13.2 Å². The summed E-state index contributed by atoms with van der Waals surface area (Å²) in [5.41, 5.74) is 2.34. The Morgan fingerprint density at radius 3 is 2.33 bits per heavy atom. The quantitative estimate of drug-likeness (QED) is 0.550. The number of hydrogen-bond donors (Lipinski definition) is 1. The van der Waals surface area contributed by atoms with Crippen LogP contribution < -0.4 is 14.4 Å². The van der Waals surface area contributed by atoms with Gasteiger partial charge in [0.25, 0.3) is 0 Å². The molecule has 1 unspecified atom stereocenters. The molecule has 0 aliphatic heterocycles. The van der Waals surface area contributed by atoms with Gasteiger partial charge in [0, 0.05) is 5.02 Å². The molecule has 0 fully saturated rings. The molecule has 0 aliphatic rings. The van der Waals surface area contributed by atoms with Crippen LogP contribution in [0.4, 0.5) is 5.69 Å². The van der Waals surface area contributed by atoms with E-state index < -0.39 is 22.0 Å². The maximum atomic E-state index is 12.8. The van der Waals surface area contributed by atoms with Gasteiger partial charge in [-0.15, -0.1) is 0 Å². The molecule has 0 bridgehead atoms. The lowest BCUT2D eigenvalue weighted by Gasteiger charge is -2.30. The lowest BCUT2D eigenvalue weighted by atomic mass is 10.1. The molecule has 0 spiro atoms. The average Bonchev–Trinajstić information content (AvgIpc) is 2.63. The van der Waals surface area contributed by atoms with Gasteiger partial charge in [0.15, 0.2) is 0 Å². The van der Waals surface area contributed by atoms with Gasteiger partial charge >= 0.3 is 0 Å². The zero-order chi connectivity index (χ0) is 22.5. The van der Waals surface area contributed by atoms with Crippen LogP contribution in [0.3, 0.4) is 0 Å². The van der Waals surface area contributed by atoms with Crippen molar-refractivity contribution in [1.82, 2.24) is 5.32 Å². The third-order valence-corrected chi connectivity index (χ3v) is 6.06. The minimum atomic E-state index is -3.80. The fourth-order valence-corrected chi connectivity index (χ4v) is 4.81. The van der Waals surface area contributed by atoms with E-state index in [1.807, 2.05) is 32.0 Å². The van der Waals surface area contributed by atoms with Crippen molar-refractivity contribution in [3.63, 3.8) is 0 Å². The highest BCUT2D eigenvalue weighted by atomic mass is 35.5. The van der Waals surface area contributed by atoms with E-state index in [1.165, 1.54) is 12.1 Å². The molecule has 1 N–H and O–H groups in total. The van der Waals surface area contributed by atoms with Crippen LogP contribution in [0.25, 0.3) is 0 Å². The highest BCUT2D eigenvalue weighted by Gasteiger charge is 2.32. The summed E-state index contributed by atoms with van der Waals surface area (Å²) in [6.07, 6.45) is 1.28. The maximum Gasteiger partial charge on any atom is 0.244 e. The number of halogens is 2. The van der Waals surface area contributed by atoms with Crippen LogP contribution in [0.1, 0.15) is 24.5 Å². The minimum absolute atomic E-state index is 0.167. The second kappa shape index (κ2) is 10.4. The van der Waals surface area contributed by atoms with Gasteiger partial charge in [-0.2, -0.15) is 0 Å². The molecule has 0 aromatic heterocycles. The number of carbonyl (C=O) groups excluding carboxylic acids is 1. The van der Waals surface area contributed by atoms with Crippen molar-refractivity contribution in [3.8, 4) is 5.75 Å². The number of anilines is 1. The van der Waals surface area contributed by atoms with Crippen LogP contribution in [0.5, 0.6) is 5.75 Å². The highest BCUT2D eigenvalue weighted by molar-refractivity contribution is 7.92. The van der Waals surface area contributed by atoms with E-state index in [-0.39, 0.29) is 30.3 Å². The lowest BCUT2D eigenvalue weighted by molar-refractivity contribution is -0.122. The van der Waals surface area contributed by atoms with E-state index >= 15 is 0 Å². The standard InChI is InChI=1S/C21H26Cl2N2O4S/c1-5-19(25(30(4,27)28)20-13-16(22)6-7-18(20)23)21(26)24-8-9-29-17-11-14(2)10-15(3)12-17/h6-7,10-13,19H,5,8-9H2,1-4H3,(H,24,26). The third kappa shape index (κ3) is 6.52. The molecule has 9 heteroatoms. The molecule has 2 rings (SSSR count). The first-order valence-electron chi connectivity index (χ1n) is 9.46. The monoisotopic (exact) mass is 472 g/mol. The topological polar surface area (TPSA) is 75.7 Å². The first-order valence-corrected chi connectivity index (χ1v) is 12.1. The molecule has 0 heterocycles. The van der Waals surface area contributed by atoms with Gasteiger partial charge in [-0.25, -0.2) is 8.42 Å². The number of ether oxygens (including phenoxy) is 1. The summed E-state index contributed by atoms with van der Waals surface area (Å²) in [6, 6.07) is 9.38. The van der Waals surface area contributed by atoms with Crippen molar-refractivity contribution < 1.29 is 17.9 Å². The normalized spacial score (nSPS) is 12.3. The smallest absolute Gasteiger partial charge is 0.244 e. The molecular formula is C21H26Cl2N2O4S. The molecule has 0 aliphatic carbocycles. The molecule has 164 valence electrons. The van der Waals surface area contributed by atoms with Gasteiger partial charge in [0.05, 0.1) is 23.5 Å². The number of amides is 1. The van der Waals surface area contributed by atoms with Crippen LogP contribution in [-0.4, -0.2) is 39.8 Å². The van der Waals surface area contributed by atoms with E-state index in [0.717, 1.165) is 27.4 Å². The van der Waals surface area contributed by atoms with Gasteiger partial charge in [0.1, 0.15) is 18.4 Å². The molecule has 6 nitrogen and oxygen atoms in total. The van der Waals surface area contributed by atoms with Crippen molar-refractivity contribution in [1.29, 1.82) is 0 Å². The molecule has 2 aromatic rings. The number of sulfonamides is 1. The predicted octanol–water partition coefficient (Wildman–Crippen LogP) is 4.35. The van der Waals surface area contributed by atoms with E-state index in [2.05, 4.69) is 5.32 Å². The van der Waals surface area contributed by atoms with Crippen LogP contribution in [0, 0.1) is 13.8 Å². The van der Waals surface area contributed by atoms with E-state index in [1.54, 1.807) is 13.0 Å². The number of nitrogens with zero attached hydrogens (tertiary/aromatic N) is 1. The number of nitrogens with one attached hydrogen (secondary N) is 1. The molecule has 0 saturated carbocycles. The second-order valence-electron chi connectivity index (χ2n) is 7.04. The Labute approximate surface area is 188 Å². The minimum Gasteiger partial charge on any atom is -0.492 e. The highest BCUT2D eigenvalue weighted by Crippen LogP contribution is 2.32. The van der Waals surface area contributed by atoms with Crippen LogP contribution in [-0.2, 0) is 14.8 Å². The Hall–Kier alpha value is -1.96. The second-order valence-corrected chi connectivity index (χ2v) is 9.74. The molecule has 0 radical (unpaired) electrons. The SMILES string of the molecule is CCC(C(=O)NCCOc1cc(C)cc(C)c1)N(c1cc(Cl)ccc1Cl)S(C)(=O)=O. The number of aryl methyl sites for hydroxylation is 2. The Balaban J connectivity index is 2.11. The van der Waals surface area contributed by atoms with Gasteiger partial charge in [-0.1, -0.05) is 36.2 Å². The van der Waals surface area contributed by atoms with Gasteiger partial charge in [0.2, 0.25) is 15.9 Å². The van der Waals surface area contributed by atoms with Crippen molar-refractivity contribution >= 4 is 44.8 Å². The van der Waals surface area contributed by atoms with E-state index in [0.29, 0.717) is 5.02 Å². The van der Waals surface area contributed by atoms with Crippen molar-refractivity contribution in [2.45, 2.75) is 33.2 Å². The fourth-order valence-electron chi connectivity index (χ4n) is 3.17. The molecule has 1 amide bonds. The van der Waals surface area contributed by atoms with Gasteiger partial charge in [-0.3, -0.25) is 9.10 Å². The largest absolute Gasteiger partial charge is 0.492 e. The third-order valence-electron chi connectivity index (χ3n) is 4.34. The Morgan fingerprint density at radius 2 is 1.77 bits per heavy atom. The van der Waals surface area contributed by atoms with Crippen molar-refractivity contribution in [3.05, 3.63) is 57.6 Å². The molecular weight excluding hydrogens is 447 g/mol. The van der Waals surface area contributed by atoms with Crippen molar-refractivity contribution in [2.75, 3.05) is 23.7 Å². The maximum absolute atomic E-state index is 12.8. The number of rotatable bonds is 9.